The van der Waals surface area contributed by atoms with Gasteiger partial charge < -0.3 is 30.1 Å². The second-order valence-electron chi connectivity index (χ2n) is 16.3. The van der Waals surface area contributed by atoms with Crippen LogP contribution in [0.4, 0.5) is 4.79 Å². The third-order valence-electron chi connectivity index (χ3n) is 11.3. The molecule has 1 aliphatic carbocycles. The van der Waals surface area contributed by atoms with Crippen LogP contribution in [0.15, 0.2) is 66.7 Å². The Morgan fingerprint density at radius 2 is 1.83 bits per heavy atom. The molecule has 0 bridgehead atoms. The van der Waals surface area contributed by atoms with Crippen LogP contribution in [0, 0.1) is 17.8 Å². The minimum Gasteiger partial charge on any atom is -0.497 e. The van der Waals surface area contributed by atoms with Gasteiger partial charge in [-0.05, 0) is 76.1 Å². The molecule has 4 aliphatic rings. The number of nitrogens with zero attached hydrogens (tertiary/aromatic N) is 3. The Balaban J connectivity index is 1.19. The number of aliphatic carboxylic acids is 1. The van der Waals surface area contributed by atoms with E-state index in [2.05, 4.69) is 21.6 Å². The zero-order valence-electron chi connectivity index (χ0n) is 31.5. The summed E-state index contributed by atoms with van der Waals surface area (Å²) < 4.78 is 11.1. The molecule has 0 spiro atoms. The molecule has 1 aromatic heterocycles. The number of fused-ring (bicyclic) bond motifs is 5. The number of amides is 3. The van der Waals surface area contributed by atoms with E-state index in [1.165, 1.54) is 0 Å². The fraction of sp³-hybridized carbons (Fsp3) is 0.500. The Hall–Kier alpha value is -4.97. The van der Waals surface area contributed by atoms with Crippen LogP contribution in [0.2, 0.25) is 0 Å². The lowest BCUT2D eigenvalue weighted by Crippen LogP contribution is -2.58. The van der Waals surface area contributed by atoms with Crippen LogP contribution < -0.4 is 15.4 Å². The lowest BCUT2D eigenvalue weighted by Gasteiger charge is -2.33. The van der Waals surface area contributed by atoms with Crippen molar-refractivity contribution in [1.29, 1.82) is 0 Å². The number of pyridine rings is 1. The minimum atomic E-state index is -1.40. The van der Waals surface area contributed by atoms with Gasteiger partial charge in [0.15, 0.2) is 0 Å². The highest BCUT2D eigenvalue weighted by Gasteiger charge is 2.62. The Morgan fingerprint density at radius 1 is 1.04 bits per heavy atom. The van der Waals surface area contributed by atoms with Crippen molar-refractivity contribution in [2.75, 3.05) is 26.7 Å². The zero-order chi connectivity index (χ0) is 38.2. The number of carboxylic acids is 1. The van der Waals surface area contributed by atoms with Crippen molar-refractivity contribution in [3.05, 3.63) is 72.3 Å². The second-order valence-corrected chi connectivity index (χ2v) is 16.3. The van der Waals surface area contributed by atoms with E-state index in [9.17, 15) is 24.3 Å². The summed E-state index contributed by atoms with van der Waals surface area (Å²) in [4.78, 5) is 63.5. The molecule has 12 heteroatoms. The van der Waals surface area contributed by atoms with E-state index < -0.39 is 41.2 Å². The number of hydrogen-bond acceptors (Lipinski definition) is 8. The van der Waals surface area contributed by atoms with Gasteiger partial charge in [-0.1, -0.05) is 55.3 Å². The van der Waals surface area contributed by atoms with Gasteiger partial charge in [0, 0.05) is 55.0 Å². The number of benzene rings is 2. The Kier molecular flexibility index (Phi) is 10.4. The number of allylic oxidation sites excluding steroid dienone is 1. The Labute approximate surface area is 316 Å². The predicted molar refractivity (Wildman–Crippen MR) is 203 cm³/mol. The number of carboxylic acid groups (broad SMARTS) is 1. The van der Waals surface area contributed by atoms with Gasteiger partial charge in [0.05, 0.1) is 18.3 Å². The van der Waals surface area contributed by atoms with Crippen molar-refractivity contribution in [2.24, 2.45) is 17.8 Å². The van der Waals surface area contributed by atoms with Crippen molar-refractivity contribution in [1.82, 2.24) is 25.4 Å². The standard InChI is InChI=1S/C42H51N5O7/c1-41(2,3)54-40(52)44-33-16-12-7-5-6-11-15-29-21-42(29,39(50)51)45-37(48)36-32-25-46(23-28(32)24-47(36)38(33)49)22-27-19-34(26-13-9-8-10-14-26)43-35-20-30(53-4)17-18-31(27)35/h8-11,13-15,17-20,28-29,32-33,36H,5-7,12,16,21-25H2,1-4H3,(H,44,52)(H,45,48)(H,50,51)/b15-11-/t28-,29+,32-,33+,36-,42+/m0/s1. The molecule has 12 nitrogen and oxygen atoms in total. The molecule has 3 N–H and O–H groups in total. The van der Waals surface area contributed by atoms with Gasteiger partial charge >= 0.3 is 12.1 Å². The molecule has 2 aromatic carbocycles. The Morgan fingerprint density at radius 3 is 2.57 bits per heavy atom. The van der Waals surface area contributed by atoms with E-state index in [1.54, 1.807) is 32.8 Å². The molecule has 286 valence electrons. The third-order valence-corrected chi connectivity index (χ3v) is 11.3. The Bertz CT molecular complexity index is 1940. The maximum Gasteiger partial charge on any atom is 0.408 e. The van der Waals surface area contributed by atoms with Gasteiger partial charge in [0.25, 0.3) is 0 Å². The highest BCUT2D eigenvalue weighted by Crippen LogP contribution is 2.46. The van der Waals surface area contributed by atoms with Crippen LogP contribution >= 0.6 is 0 Å². The van der Waals surface area contributed by atoms with Gasteiger partial charge in [0.1, 0.15) is 29.0 Å². The number of likely N-dealkylation sites (tertiary alicyclic amines) is 1. The molecule has 54 heavy (non-hydrogen) atoms. The van der Waals surface area contributed by atoms with Crippen LogP contribution in [0.1, 0.15) is 64.9 Å². The summed E-state index contributed by atoms with van der Waals surface area (Å²) in [5.41, 5.74) is 1.59. The molecule has 3 amide bonds. The van der Waals surface area contributed by atoms with Crippen LogP contribution in [-0.2, 0) is 25.7 Å². The van der Waals surface area contributed by atoms with Crippen LogP contribution in [0.5, 0.6) is 5.75 Å². The average molecular weight is 738 g/mol. The van der Waals surface area contributed by atoms with Crippen LogP contribution in [0.3, 0.4) is 0 Å². The fourth-order valence-corrected chi connectivity index (χ4v) is 8.58. The molecule has 4 heterocycles. The number of methoxy groups -OCH3 is 1. The fourth-order valence-electron chi connectivity index (χ4n) is 8.58. The molecular formula is C42H51N5O7. The number of rotatable bonds is 6. The van der Waals surface area contributed by atoms with E-state index >= 15 is 0 Å². The number of alkyl carbamates (subject to hydrolysis) is 1. The summed E-state index contributed by atoms with van der Waals surface area (Å²) >= 11 is 0. The quantitative estimate of drug-likeness (QED) is 0.277. The number of ether oxygens (including phenoxy) is 2. The van der Waals surface area contributed by atoms with Crippen LogP contribution in [0.25, 0.3) is 22.2 Å². The first-order valence-electron chi connectivity index (χ1n) is 19.1. The zero-order valence-corrected chi connectivity index (χ0v) is 31.5. The molecule has 3 aliphatic heterocycles. The lowest BCUT2D eigenvalue weighted by molar-refractivity contribution is -0.146. The lowest BCUT2D eigenvalue weighted by atomic mass is 9.93. The summed E-state index contributed by atoms with van der Waals surface area (Å²) in [7, 11) is 1.64. The molecule has 3 aromatic rings. The van der Waals surface area contributed by atoms with Gasteiger partial charge in [-0.15, -0.1) is 0 Å². The smallest absolute Gasteiger partial charge is 0.408 e. The molecule has 6 atom stereocenters. The van der Waals surface area contributed by atoms with Crippen molar-refractivity contribution in [3.63, 3.8) is 0 Å². The number of carbonyl (C=O) groups excluding carboxylic acids is 3. The van der Waals surface area contributed by atoms with E-state index in [0.29, 0.717) is 51.2 Å². The third kappa shape index (κ3) is 7.80. The number of aromatic nitrogens is 1. The molecule has 0 unspecified atom stereocenters. The van der Waals surface area contributed by atoms with E-state index in [-0.39, 0.29) is 23.7 Å². The molecule has 3 fully saturated rings. The van der Waals surface area contributed by atoms with Crippen molar-refractivity contribution >= 4 is 34.8 Å². The normalized spacial score (nSPS) is 28.1. The first-order chi connectivity index (χ1) is 25.8. The second kappa shape index (κ2) is 15.0. The van der Waals surface area contributed by atoms with E-state index in [0.717, 1.165) is 47.0 Å². The predicted octanol–water partition coefficient (Wildman–Crippen LogP) is 5.54. The topological polar surface area (TPSA) is 150 Å². The van der Waals surface area contributed by atoms with Crippen molar-refractivity contribution < 1.29 is 33.8 Å². The summed E-state index contributed by atoms with van der Waals surface area (Å²) in [6.07, 6.45) is 7.09. The molecule has 1 saturated carbocycles. The number of carbonyl (C=O) groups is 4. The molecule has 2 saturated heterocycles. The molecular weight excluding hydrogens is 686 g/mol. The maximum atomic E-state index is 14.5. The van der Waals surface area contributed by atoms with Gasteiger partial charge in [-0.2, -0.15) is 0 Å². The van der Waals surface area contributed by atoms with Gasteiger partial charge in [-0.3, -0.25) is 14.5 Å². The van der Waals surface area contributed by atoms with Gasteiger partial charge in [-0.25, -0.2) is 14.6 Å². The van der Waals surface area contributed by atoms with Gasteiger partial charge in [0.2, 0.25) is 11.8 Å². The summed E-state index contributed by atoms with van der Waals surface area (Å²) in [5, 5.41) is 17.1. The number of nitrogens with one attached hydrogen (secondary N) is 2. The van der Waals surface area contributed by atoms with Crippen molar-refractivity contribution in [2.45, 2.75) is 89.1 Å². The minimum absolute atomic E-state index is 0.0387. The first-order valence-corrected chi connectivity index (χ1v) is 19.1. The molecule has 0 radical (unpaired) electrons. The average Bonchev–Trinajstić information content (AvgIpc) is 3.51. The summed E-state index contributed by atoms with van der Waals surface area (Å²) in [5.74, 6) is -1.76. The monoisotopic (exact) mass is 737 g/mol. The van der Waals surface area contributed by atoms with Crippen LogP contribution in [-0.4, -0.2) is 93.7 Å². The highest BCUT2D eigenvalue weighted by molar-refractivity contribution is 5.96. The number of hydrogen-bond donors (Lipinski definition) is 3. The maximum absolute atomic E-state index is 14.5. The SMILES string of the molecule is COc1ccc2c(CN3C[C@H]4CN5C(=O)[C@H](NC(=O)OC(C)(C)C)CCCCC/C=C\[C@@H]6C[C@@]6(C(=O)O)NC(=O)[C@@H]5[C@H]4C3)cc(-c3ccccc3)nc2c1. The summed E-state index contributed by atoms with van der Waals surface area (Å²) in [6, 6.07) is 16.3. The summed E-state index contributed by atoms with van der Waals surface area (Å²) in [6.45, 7) is 7.38. The first kappa shape index (κ1) is 37.3. The largest absolute Gasteiger partial charge is 0.497 e. The molecule has 7 rings (SSSR count). The van der Waals surface area contributed by atoms with E-state index in [4.69, 9.17) is 14.5 Å². The van der Waals surface area contributed by atoms with E-state index in [1.807, 2.05) is 60.7 Å². The highest BCUT2D eigenvalue weighted by atomic mass is 16.6. The van der Waals surface area contributed by atoms with Crippen molar-refractivity contribution in [3.8, 4) is 17.0 Å².